The van der Waals surface area contributed by atoms with Crippen molar-refractivity contribution in [3.63, 3.8) is 0 Å². The van der Waals surface area contributed by atoms with Gasteiger partial charge in [0.15, 0.2) is 0 Å². The number of carbonyl (C=O) groups is 2. The van der Waals surface area contributed by atoms with Crippen LogP contribution in [0, 0.1) is 0 Å². The number of benzene rings is 1. The quantitative estimate of drug-likeness (QED) is 0.655. The van der Waals surface area contributed by atoms with E-state index >= 15 is 0 Å². The van der Waals surface area contributed by atoms with E-state index in [0.717, 1.165) is 35.4 Å². The highest BCUT2D eigenvalue weighted by molar-refractivity contribution is 7.12. The first-order chi connectivity index (χ1) is 13.0. The van der Waals surface area contributed by atoms with Crippen molar-refractivity contribution in [3.8, 4) is 11.1 Å². The summed E-state index contributed by atoms with van der Waals surface area (Å²) < 4.78 is 0. The fourth-order valence-electron chi connectivity index (χ4n) is 2.87. The predicted molar refractivity (Wildman–Crippen MR) is 107 cm³/mol. The second-order valence-corrected chi connectivity index (χ2v) is 7.35. The highest BCUT2D eigenvalue weighted by atomic mass is 32.1. The number of nitrogens with two attached hydrogens (primary N) is 1. The molecule has 0 atom stereocenters. The molecule has 0 bridgehead atoms. The largest absolute Gasteiger partial charge is 0.365 e. The summed E-state index contributed by atoms with van der Waals surface area (Å²) in [5, 5.41) is 9.12. The van der Waals surface area contributed by atoms with Crippen molar-refractivity contribution in [1.29, 1.82) is 0 Å². The van der Waals surface area contributed by atoms with Crippen LogP contribution < -0.4 is 5.73 Å². The topological polar surface area (TPSA) is 92.1 Å². The Balaban J connectivity index is 1.74. The van der Waals surface area contributed by atoms with Crippen LogP contribution in [-0.4, -0.2) is 34.0 Å². The van der Waals surface area contributed by atoms with Crippen molar-refractivity contribution < 1.29 is 9.59 Å². The van der Waals surface area contributed by atoms with E-state index in [2.05, 4.69) is 17.1 Å². The lowest BCUT2D eigenvalue weighted by Gasteiger charge is -2.16. The molecule has 0 fully saturated rings. The molecule has 2 heterocycles. The number of hydrogen-bond acceptors (Lipinski definition) is 4. The smallest absolute Gasteiger partial charge is 0.258 e. The number of aryl methyl sites for hydroxylation is 1. The summed E-state index contributed by atoms with van der Waals surface area (Å²) in [6.45, 7) is 2.57. The van der Waals surface area contributed by atoms with Gasteiger partial charge in [-0.1, -0.05) is 25.5 Å². The van der Waals surface area contributed by atoms with E-state index < -0.39 is 5.91 Å². The summed E-state index contributed by atoms with van der Waals surface area (Å²) in [6.07, 6.45) is 1.95. The minimum absolute atomic E-state index is 0.0751. The van der Waals surface area contributed by atoms with E-state index in [4.69, 9.17) is 5.73 Å². The molecule has 0 spiro atoms. The number of H-pyrrole nitrogens is 1. The van der Waals surface area contributed by atoms with E-state index in [1.807, 2.05) is 29.6 Å². The molecular formula is C20H22N4O2S. The Bertz CT molecular complexity index is 960. The first kappa shape index (κ1) is 18.8. The Labute approximate surface area is 162 Å². The van der Waals surface area contributed by atoms with Crippen molar-refractivity contribution in [3.05, 3.63) is 63.6 Å². The molecule has 0 aliphatic rings. The third kappa shape index (κ3) is 4.43. The van der Waals surface area contributed by atoms with E-state index in [1.165, 1.54) is 11.3 Å². The molecule has 2 amide bonds. The van der Waals surface area contributed by atoms with Gasteiger partial charge in [-0.15, -0.1) is 11.3 Å². The molecule has 3 N–H and O–H groups in total. The van der Waals surface area contributed by atoms with Crippen LogP contribution in [0.4, 0.5) is 0 Å². The molecule has 3 rings (SSSR count). The van der Waals surface area contributed by atoms with Gasteiger partial charge in [0, 0.05) is 12.6 Å². The number of nitrogens with one attached hydrogen (secondary N) is 1. The molecule has 0 radical (unpaired) electrons. The maximum atomic E-state index is 12.8. The number of nitrogens with zero attached hydrogens (tertiary/aromatic N) is 2. The molecule has 140 valence electrons. The zero-order valence-electron chi connectivity index (χ0n) is 15.4. The molecule has 6 nitrogen and oxygen atoms in total. The van der Waals surface area contributed by atoms with Crippen LogP contribution in [0.15, 0.2) is 41.8 Å². The maximum Gasteiger partial charge on any atom is 0.258 e. The van der Waals surface area contributed by atoms with Crippen LogP contribution in [-0.2, 0) is 13.0 Å². The van der Waals surface area contributed by atoms with Gasteiger partial charge in [-0.05, 0) is 47.2 Å². The SMILES string of the molecule is CCCc1cc(CN(C)C(=O)c2cccc(-c3csc(C(N)=O)c3)c2)[nH]n1. The molecule has 0 unspecified atom stereocenters. The summed E-state index contributed by atoms with van der Waals surface area (Å²) in [5.41, 5.74) is 9.59. The number of carbonyl (C=O) groups excluding carboxylic acids is 2. The molecule has 3 aromatic rings. The summed E-state index contributed by atoms with van der Waals surface area (Å²) in [5.74, 6) is -0.519. The average Bonchev–Trinajstić information content (AvgIpc) is 3.31. The van der Waals surface area contributed by atoms with E-state index in [9.17, 15) is 9.59 Å². The minimum Gasteiger partial charge on any atom is -0.365 e. The van der Waals surface area contributed by atoms with Crippen LogP contribution in [0.1, 0.15) is 44.8 Å². The van der Waals surface area contributed by atoms with E-state index in [-0.39, 0.29) is 5.91 Å². The van der Waals surface area contributed by atoms with Gasteiger partial charge in [-0.3, -0.25) is 14.7 Å². The summed E-state index contributed by atoms with van der Waals surface area (Å²) >= 11 is 1.30. The fourth-order valence-corrected chi connectivity index (χ4v) is 3.64. The molecule has 2 aromatic heterocycles. The average molecular weight is 382 g/mol. The molecule has 27 heavy (non-hydrogen) atoms. The number of amides is 2. The standard InChI is InChI=1S/C20H22N4O2S/c1-3-5-16-10-17(23-22-16)11-24(2)20(26)14-7-4-6-13(8-14)15-9-18(19(21)25)27-12-15/h4,6-10,12H,3,5,11H2,1-2H3,(H2,21,25)(H,22,23). The van der Waals surface area contributed by atoms with Gasteiger partial charge in [0.25, 0.3) is 11.8 Å². The number of thiophene rings is 1. The number of hydrogen-bond donors (Lipinski definition) is 2. The Morgan fingerprint density at radius 1 is 1.22 bits per heavy atom. The second kappa shape index (κ2) is 8.18. The fraction of sp³-hybridized carbons (Fsp3) is 0.250. The summed E-state index contributed by atoms with van der Waals surface area (Å²) in [6, 6.07) is 11.1. The van der Waals surface area contributed by atoms with Crippen molar-refractivity contribution in [2.45, 2.75) is 26.3 Å². The van der Waals surface area contributed by atoms with E-state index in [0.29, 0.717) is 17.0 Å². The van der Waals surface area contributed by atoms with Crippen molar-refractivity contribution in [2.75, 3.05) is 7.05 Å². The van der Waals surface area contributed by atoms with Gasteiger partial charge in [0.05, 0.1) is 22.8 Å². The normalized spacial score (nSPS) is 10.7. The number of rotatable bonds is 7. The summed E-state index contributed by atoms with van der Waals surface area (Å²) in [7, 11) is 1.77. The van der Waals surface area contributed by atoms with Crippen molar-refractivity contribution >= 4 is 23.2 Å². The van der Waals surface area contributed by atoms with Crippen LogP contribution in [0.3, 0.4) is 0 Å². The molecule has 0 saturated carbocycles. The third-order valence-electron chi connectivity index (χ3n) is 4.23. The van der Waals surface area contributed by atoms with Crippen molar-refractivity contribution in [1.82, 2.24) is 15.1 Å². The first-order valence-electron chi connectivity index (χ1n) is 8.75. The Morgan fingerprint density at radius 2 is 2.04 bits per heavy atom. The highest BCUT2D eigenvalue weighted by Crippen LogP contribution is 2.26. The molecule has 0 aliphatic carbocycles. The maximum absolute atomic E-state index is 12.8. The third-order valence-corrected chi connectivity index (χ3v) is 5.17. The van der Waals surface area contributed by atoms with Gasteiger partial charge in [0.1, 0.15) is 0 Å². The van der Waals surface area contributed by atoms with Crippen molar-refractivity contribution in [2.24, 2.45) is 5.73 Å². The Morgan fingerprint density at radius 3 is 2.74 bits per heavy atom. The molecular weight excluding hydrogens is 360 g/mol. The number of aromatic amines is 1. The lowest BCUT2D eigenvalue weighted by atomic mass is 10.0. The number of aromatic nitrogens is 2. The summed E-state index contributed by atoms with van der Waals surface area (Å²) in [4.78, 5) is 26.2. The zero-order valence-corrected chi connectivity index (χ0v) is 16.2. The predicted octanol–water partition coefficient (Wildman–Crippen LogP) is 3.46. The van der Waals surface area contributed by atoms with Crippen LogP contribution in [0.2, 0.25) is 0 Å². The monoisotopic (exact) mass is 382 g/mol. The van der Waals surface area contributed by atoms with Gasteiger partial charge >= 0.3 is 0 Å². The molecule has 0 aliphatic heterocycles. The second-order valence-electron chi connectivity index (χ2n) is 6.44. The molecule has 1 aromatic carbocycles. The van der Waals surface area contributed by atoms with Crippen LogP contribution >= 0.6 is 11.3 Å². The van der Waals surface area contributed by atoms with Gasteiger partial charge in [0.2, 0.25) is 0 Å². The molecule has 0 saturated heterocycles. The lowest BCUT2D eigenvalue weighted by Crippen LogP contribution is -2.26. The zero-order chi connectivity index (χ0) is 19.4. The minimum atomic E-state index is -0.444. The first-order valence-corrected chi connectivity index (χ1v) is 9.63. The lowest BCUT2D eigenvalue weighted by molar-refractivity contribution is 0.0783. The van der Waals surface area contributed by atoms with Gasteiger partial charge in [-0.25, -0.2) is 0 Å². The van der Waals surface area contributed by atoms with Crippen LogP contribution in [0.5, 0.6) is 0 Å². The molecule has 7 heteroatoms. The Kier molecular flexibility index (Phi) is 5.71. The van der Waals surface area contributed by atoms with Crippen LogP contribution in [0.25, 0.3) is 11.1 Å². The van der Waals surface area contributed by atoms with Gasteiger partial charge in [-0.2, -0.15) is 5.10 Å². The highest BCUT2D eigenvalue weighted by Gasteiger charge is 2.15. The van der Waals surface area contributed by atoms with Gasteiger partial charge < -0.3 is 10.6 Å². The number of primary amides is 1. The Hall–Kier alpha value is -2.93. The van der Waals surface area contributed by atoms with E-state index in [1.54, 1.807) is 24.1 Å².